The van der Waals surface area contributed by atoms with Crippen LogP contribution in [0, 0.1) is 5.92 Å². The van der Waals surface area contributed by atoms with Gasteiger partial charge >= 0.3 is 0 Å². The number of benzene rings is 1. The molecule has 1 atom stereocenters. The van der Waals surface area contributed by atoms with Crippen LogP contribution in [-0.4, -0.2) is 53.0 Å². The monoisotopic (exact) mass is 388 g/mol. The van der Waals surface area contributed by atoms with Crippen molar-refractivity contribution in [2.75, 3.05) is 19.7 Å². The zero-order valence-corrected chi connectivity index (χ0v) is 16.0. The van der Waals surface area contributed by atoms with E-state index in [1.165, 1.54) is 28.6 Å². The van der Waals surface area contributed by atoms with Crippen molar-refractivity contribution < 1.29 is 21.6 Å². The third-order valence-electron chi connectivity index (χ3n) is 4.47. The van der Waals surface area contributed by atoms with E-state index in [4.69, 9.17) is 4.74 Å². The molecule has 1 saturated heterocycles. The molecule has 7 nitrogen and oxygen atoms in total. The fourth-order valence-corrected chi connectivity index (χ4v) is 5.44. The Hall–Kier alpha value is -1.00. The molecule has 1 aliphatic heterocycles. The molecule has 1 heterocycles. The van der Waals surface area contributed by atoms with Crippen molar-refractivity contribution in [3.8, 4) is 0 Å². The van der Waals surface area contributed by atoms with Crippen molar-refractivity contribution in [1.82, 2.24) is 9.03 Å². The SMILES string of the molecule is CC(C)[C@H]1CN(S(=O)(=O)c2ccc(S(=O)(=O)NC3CC3)cc2)CCO1. The highest BCUT2D eigenvalue weighted by atomic mass is 32.2. The summed E-state index contributed by atoms with van der Waals surface area (Å²) in [4.78, 5) is 0.183. The number of rotatable bonds is 6. The molecule has 0 radical (unpaired) electrons. The van der Waals surface area contributed by atoms with Crippen molar-refractivity contribution in [2.24, 2.45) is 5.92 Å². The molecule has 0 aromatic heterocycles. The minimum Gasteiger partial charge on any atom is -0.375 e. The summed E-state index contributed by atoms with van der Waals surface area (Å²) < 4.78 is 59.6. The Bertz CT molecular complexity index is 815. The molecule has 3 rings (SSSR count). The van der Waals surface area contributed by atoms with E-state index < -0.39 is 20.0 Å². The summed E-state index contributed by atoms with van der Waals surface area (Å²) in [7, 11) is -7.25. The summed E-state index contributed by atoms with van der Waals surface area (Å²) in [6.45, 7) is 4.96. The maximum absolute atomic E-state index is 12.8. The molecule has 0 unspecified atom stereocenters. The van der Waals surface area contributed by atoms with Crippen LogP contribution in [-0.2, 0) is 24.8 Å². The van der Waals surface area contributed by atoms with Gasteiger partial charge in [0, 0.05) is 19.1 Å². The zero-order chi connectivity index (χ0) is 18.2. The highest BCUT2D eigenvalue weighted by Crippen LogP contribution is 2.25. The molecule has 1 saturated carbocycles. The van der Waals surface area contributed by atoms with Gasteiger partial charge in [0.05, 0.1) is 22.5 Å². The van der Waals surface area contributed by atoms with Crippen LogP contribution in [0.3, 0.4) is 0 Å². The standard InChI is InChI=1S/C16H24N2O5S2/c1-12(2)16-11-18(9-10-23-16)25(21,22)15-7-5-14(6-8-15)24(19,20)17-13-3-4-13/h5-8,12-13,16-17H,3-4,9-11H2,1-2H3/t16-/m1/s1. The van der Waals surface area contributed by atoms with Gasteiger partial charge in [0.2, 0.25) is 20.0 Å². The molecule has 0 amide bonds. The number of ether oxygens (including phenoxy) is 1. The Morgan fingerprint density at radius 2 is 1.68 bits per heavy atom. The first-order chi connectivity index (χ1) is 11.7. The first kappa shape index (κ1) is 18.8. The summed E-state index contributed by atoms with van der Waals surface area (Å²) in [5.74, 6) is 0.221. The van der Waals surface area contributed by atoms with Crippen molar-refractivity contribution in [3.05, 3.63) is 24.3 Å². The van der Waals surface area contributed by atoms with Gasteiger partial charge in [0.25, 0.3) is 0 Å². The minimum absolute atomic E-state index is 0.00901. The maximum atomic E-state index is 12.8. The van der Waals surface area contributed by atoms with Crippen LogP contribution < -0.4 is 4.72 Å². The molecule has 1 aromatic rings. The second-order valence-corrected chi connectivity index (χ2v) is 10.5. The molecule has 1 aromatic carbocycles. The third-order valence-corrected chi connectivity index (χ3v) is 7.89. The van der Waals surface area contributed by atoms with Crippen LogP contribution >= 0.6 is 0 Å². The van der Waals surface area contributed by atoms with E-state index in [1.54, 1.807) is 0 Å². The molecule has 140 valence electrons. The number of nitrogens with zero attached hydrogens (tertiary/aromatic N) is 1. The second-order valence-electron chi connectivity index (χ2n) is 6.88. The molecule has 25 heavy (non-hydrogen) atoms. The molecule has 1 N–H and O–H groups in total. The van der Waals surface area contributed by atoms with Crippen molar-refractivity contribution in [3.63, 3.8) is 0 Å². The lowest BCUT2D eigenvalue weighted by Crippen LogP contribution is -2.47. The molecule has 0 spiro atoms. The Morgan fingerprint density at radius 1 is 1.08 bits per heavy atom. The van der Waals surface area contributed by atoms with Gasteiger partial charge in [-0.2, -0.15) is 4.31 Å². The van der Waals surface area contributed by atoms with Crippen LogP contribution in [0.2, 0.25) is 0 Å². The Labute approximate surface area is 149 Å². The number of morpholine rings is 1. The van der Waals surface area contributed by atoms with Crippen LogP contribution in [0.25, 0.3) is 0 Å². The number of hydrogen-bond donors (Lipinski definition) is 1. The summed E-state index contributed by atoms with van der Waals surface area (Å²) >= 11 is 0. The lowest BCUT2D eigenvalue weighted by Gasteiger charge is -2.34. The lowest BCUT2D eigenvalue weighted by atomic mass is 10.1. The fourth-order valence-electron chi connectivity index (χ4n) is 2.70. The highest BCUT2D eigenvalue weighted by Gasteiger charge is 2.32. The quantitative estimate of drug-likeness (QED) is 0.790. The topological polar surface area (TPSA) is 92.8 Å². The number of sulfonamides is 2. The minimum atomic E-state index is -3.66. The number of nitrogens with one attached hydrogen (secondary N) is 1. The first-order valence-corrected chi connectivity index (χ1v) is 11.4. The van der Waals surface area contributed by atoms with Crippen molar-refractivity contribution >= 4 is 20.0 Å². The smallest absolute Gasteiger partial charge is 0.243 e. The maximum Gasteiger partial charge on any atom is 0.243 e. The normalized spacial score (nSPS) is 23.1. The van der Waals surface area contributed by atoms with E-state index in [0.29, 0.717) is 19.7 Å². The zero-order valence-electron chi connectivity index (χ0n) is 14.4. The van der Waals surface area contributed by atoms with Gasteiger partial charge in [-0.15, -0.1) is 0 Å². The van der Waals surface area contributed by atoms with Gasteiger partial charge in [-0.25, -0.2) is 21.6 Å². The molecule has 0 bridgehead atoms. The van der Waals surface area contributed by atoms with Crippen LogP contribution in [0.4, 0.5) is 0 Å². The average molecular weight is 389 g/mol. The van der Waals surface area contributed by atoms with Gasteiger partial charge < -0.3 is 4.74 Å². The van der Waals surface area contributed by atoms with Gasteiger partial charge in [-0.1, -0.05) is 13.8 Å². The average Bonchev–Trinajstić information content (AvgIpc) is 3.38. The molecule has 9 heteroatoms. The molecular formula is C16H24N2O5S2. The summed E-state index contributed by atoms with van der Waals surface area (Å²) in [6.07, 6.45) is 1.56. The van der Waals surface area contributed by atoms with Gasteiger partial charge in [-0.05, 0) is 43.0 Å². The van der Waals surface area contributed by atoms with Crippen LogP contribution in [0.5, 0.6) is 0 Å². The van der Waals surface area contributed by atoms with E-state index in [2.05, 4.69) is 4.72 Å². The Balaban J connectivity index is 1.78. The molecule has 2 fully saturated rings. The van der Waals surface area contributed by atoms with Gasteiger partial charge in [0.1, 0.15) is 0 Å². The highest BCUT2D eigenvalue weighted by molar-refractivity contribution is 7.89. The van der Waals surface area contributed by atoms with Gasteiger partial charge in [0.15, 0.2) is 0 Å². The molecular weight excluding hydrogens is 364 g/mol. The van der Waals surface area contributed by atoms with Crippen molar-refractivity contribution in [2.45, 2.75) is 48.6 Å². The first-order valence-electron chi connectivity index (χ1n) is 8.44. The van der Waals surface area contributed by atoms with Crippen LogP contribution in [0.15, 0.2) is 34.1 Å². The van der Waals surface area contributed by atoms with E-state index in [1.807, 2.05) is 13.8 Å². The van der Waals surface area contributed by atoms with E-state index in [0.717, 1.165) is 12.8 Å². The molecule has 2 aliphatic rings. The third kappa shape index (κ3) is 4.22. The summed E-state index contributed by atoms with van der Waals surface area (Å²) in [5.41, 5.74) is 0. The Morgan fingerprint density at radius 3 is 2.24 bits per heavy atom. The van der Waals surface area contributed by atoms with Crippen molar-refractivity contribution in [1.29, 1.82) is 0 Å². The van der Waals surface area contributed by atoms with E-state index in [9.17, 15) is 16.8 Å². The predicted octanol–water partition coefficient (Wildman–Crippen LogP) is 1.17. The number of hydrogen-bond acceptors (Lipinski definition) is 5. The molecule has 1 aliphatic carbocycles. The summed E-state index contributed by atoms with van der Waals surface area (Å²) in [5, 5.41) is 0. The predicted molar refractivity (Wildman–Crippen MR) is 93.1 cm³/mol. The second kappa shape index (κ2) is 6.96. The Kier molecular flexibility index (Phi) is 5.23. The fraction of sp³-hybridized carbons (Fsp3) is 0.625. The van der Waals surface area contributed by atoms with Crippen LogP contribution in [0.1, 0.15) is 26.7 Å². The van der Waals surface area contributed by atoms with E-state index in [-0.39, 0.29) is 27.9 Å². The van der Waals surface area contributed by atoms with Gasteiger partial charge in [-0.3, -0.25) is 0 Å². The van der Waals surface area contributed by atoms with E-state index >= 15 is 0 Å². The lowest BCUT2D eigenvalue weighted by molar-refractivity contribution is -0.0263. The summed E-state index contributed by atoms with van der Waals surface area (Å²) in [6, 6.07) is 5.41. The largest absolute Gasteiger partial charge is 0.375 e.